The zero-order valence-corrected chi connectivity index (χ0v) is 22.1. The van der Waals surface area contributed by atoms with Crippen LogP contribution in [0.15, 0.2) is 0 Å². The lowest BCUT2D eigenvalue weighted by molar-refractivity contribution is -0.142. The molecule has 2 saturated carbocycles. The largest absolute Gasteiger partial charge is 0.390 e. The SMILES string of the molecule is O=C(NC[C@@H](O)[C@@H]1CC2CCC(OCC3CNCO3)CC2CN1)C1CCC(C(=O)N2CCOCC2)CC1. The molecule has 0 aromatic carbocycles. The molecule has 3 aliphatic heterocycles. The maximum atomic E-state index is 12.8. The standard InChI is InChI=1S/C27H46N4O6/c32-25(15-30-26(33)18-1-3-19(4-2-18)27(34)31-7-9-35-10-8-31)24-12-20-5-6-22(11-21(20)13-29-24)36-16-23-14-28-17-37-23/h18-25,28-29,32H,1-17H2,(H,30,33)/t18?,19?,20?,21?,22?,23?,24-,25+/m0/s1. The third-order valence-corrected chi connectivity index (χ3v) is 9.32. The molecule has 3 saturated heterocycles. The van der Waals surface area contributed by atoms with E-state index in [1.807, 2.05) is 4.90 Å². The summed E-state index contributed by atoms with van der Waals surface area (Å²) in [6.45, 7) is 5.91. The van der Waals surface area contributed by atoms with Gasteiger partial charge in [0.2, 0.25) is 11.8 Å². The minimum absolute atomic E-state index is 0.0128. The molecule has 0 radical (unpaired) electrons. The van der Waals surface area contributed by atoms with E-state index in [0.717, 1.165) is 64.5 Å². The highest BCUT2D eigenvalue weighted by molar-refractivity contribution is 5.81. The summed E-state index contributed by atoms with van der Waals surface area (Å²) in [6, 6.07) is 0.0128. The number of nitrogens with one attached hydrogen (secondary N) is 3. The van der Waals surface area contributed by atoms with Gasteiger partial charge in [0.15, 0.2) is 0 Å². The Kier molecular flexibility index (Phi) is 9.71. The van der Waals surface area contributed by atoms with Gasteiger partial charge in [0.1, 0.15) is 0 Å². The first-order chi connectivity index (χ1) is 18.1. The lowest BCUT2D eigenvalue weighted by atomic mass is 9.72. The molecular weight excluding hydrogens is 476 g/mol. The molecule has 5 fully saturated rings. The number of hydrogen-bond acceptors (Lipinski definition) is 8. The van der Waals surface area contributed by atoms with Crippen molar-refractivity contribution in [2.75, 3.05) is 59.3 Å². The molecule has 210 valence electrons. The number of ether oxygens (including phenoxy) is 3. The van der Waals surface area contributed by atoms with Crippen molar-refractivity contribution in [3.63, 3.8) is 0 Å². The van der Waals surface area contributed by atoms with Crippen LogP contribution in [0.5, 0.6) is 0 Å². The third kappa shape index (κ3) is 7.22. The summed E-state index contributed by atoms with van der Waals surface area (Å²) in [5.74, 6) is 1.38. The van der Waals surface area contributed by atoms with Gasteiger partial charge >= 0.3 is 0 Å². The summed E-state index contributed by atoms with van der Waals surface area (Å²) in [6.07, 6.45) is 7.08. The summed E-state index contributed by atoms with van der Waals surface area (Å²) in [7, 11) is 0. The second-order valence-corrected chi connectivity index (χ2v) is 11.7. The summed E-state index contributed by atoms with van der Waals surface area (Å²) < 4.78 is 17.1. The van der Waals surface area contributed by atoms with Gasteiger partial charge < -0.3 is 34.9 Å². The van der Waals surface area contributed by atoms with Crippen molar-refractivity contribution in [1.29, 1.82) is 0 Å². The van der Waals surface area contributed by atoms with Gasteiger partial charge in [-0.05, 0) is 69.7 Å². The first-order valence-electron chi connectivity index (χ1n) is 14.6. The van der Waals surface area contributed by atoms with Crippen LogP contribution in [0.25, 0.3) is 0 Å². The number of amides is 2. The number of hydrogen-bond donors (Lipinski definition) is 4. The Balaban J connectivity index is 0.978. The molecule has 10 heteroatoms. The van der Waals surface area contributed by atoms with Gasteiger partial charge in [-0.3, -0.25) is 14.9 Å². The van der Waals surface area contributed by atoms with Crippen molar-refractivity contribution in [2.24, 2.45) is 23.7 Å². The number of rotatable bonds is 8. The lowest BCUT2D eigenvalue weighted by Gasteiger charge is -2.43. The second-order valence-electron chi connectivity index (χ2n) is 11.7. The Morgan fingerprint density at radius 2 is 1.78 bits per heavy atom. The van der Waals surface area contributed by atoms with Crippen LogP contribution < -0.4 is 16.0 Å². The van der Waals surface area contributed by atoms with Crippen molar-refractivity contribution in [3.05, 3.63) is 0 Å². The second kappa shape index (κ2) is 13.2. The molecule has 4 unspecified atom stereocenters. The maximum Gasteiger partial charge on any atom is 0.225 e. The highest BCUT2D eigenvalue weighted by Gasteiger charge is 2.38. The van der Waals surface area contributed by atoms with Crippen LogP contribution in [0.4, 0.5) is 0 Å². The van der Waals surface area contributed by atoms with Crippen molar-refractivity contribution in [3.8, 4) is 0 Å². The number of aliphatic hydroxyl groups excluding tert-OH is 1. The summed E-state index contributed by atoms with van der Waals surface area (Å²) in [5, 5.41) is 20.6. The van der Waals surface area contributed by atoms with Crippen LogP contribution in [0.3, 0.4) is 0 Å². The van der Waals surface area contributed by atoms with Crippen molar-refractivity contribution < 1.29 is 28.9 Å². The summed E-state index contributed by atoms with van der Waals surface area (Å²) >= 11 is 0. The fourth-order valence-electron chi connectivity index (χ4n) is 6.94. The van der Waals surface area contributed by atoms with Crippen LogP contribution in [-0.2, 0) is 23.8 Å². The summed E-state index contributed by atoms with van der Waals surface area (Å²) in [4.78, 5) is 27.5. The van der Waals surface area contributed by atoms with Crippen LogP contribution in [0, 0.1) is 23.7 Å². The van der Waals surface area contributed by atoms with Gasteiger partial charge in [-0.1, -0.05) is 0 Å². The smallest absolute Gasteiger partial charge is 0.225 e. The number of fused-ring (bicyclic) bond motifs is 1. The monoisotopic (exact) mass is 522 g/mol. The molecule has 6 atom stereocenters. The highest BCUT2D eigenvalue weighted by Crippen LogP contribution is 2.37. The predicted molar refractivity (Wildman–Crippen MR) is 137 cm³/mol. The Morgan fingerprint density at radius 3 is 2.54 bits per heavy atom. The van der Waals surface area contributed by atoms with E-state index in [-0.39, 0.29) is 42.3 Å². The Hall–Kier alpha value is -1.30. The molecule has 4 N–H and O–H groups in total. The zero-order valence-electron chi connectivity index (χ0n) is 22.1. The minimum atomic E-state index is -0.592. The fraction of sp³-hybridized carbons (Fsp3) is 0.926. The van der Waals surface area contributed by atoms with Crippen LogP contribution >= 0.6 is 0 Å². The van der Waals surface area contributed by atoms with Gasteiger partial charge in [0.05, 0.1) is 44.9 Å². The molecule has 37 heavy (non-hydrogen) atoms. The Morgan fingerprint density at radius 1 is 1.00 bits per heavy atom. The first-order valence-corrected chi connectivity index (χ1v) is 14.6. The van der Waals surface area contributed by atoms with E-state index in [1.54, 1.807) is 0 Å². The number of aliphatic hydroxyl groups is 1. The average Bonchev–Trinajstić information content (AvgIpc) is 3.48. The van der Waals surface area contributed by atoms with E-state index >= 15 is 0 Å². The molecule has 0 spiro atoms. The molecular formula is C27H46N4O6. The van der Waals surface area contributed by atoms with E-state index < -0.39 is 6.10 Å². The Bertz CT molecular complexity index is 751. The number of carbonyl (C=O) groups excluding carboxylic acids is 2. The molecule has 0 bridgehead atoms. The summed E-state index contributed by atoms with van der Waals surface area (Å²) in [5.41, 5.74) is 0. The highest BCUT2D eigenvalue weighted by atomic mass is 16.5. The van der Waals surface area contributed by atoms with E-state index in [4.69, 9.17) is 14.2 Å². The first kappa shape index (κ1) is 27.3. The molecule has 3 heterocycles. The van der Waals surface area contributed by atoms with Crippen LogP contribution in [0.2, 0.25) is 0 Å². The van der Waals surface area contributed by atoms with Gasteiger partial charge in [-0.2, -0.15) is 0 Å². The van der Waals surface area contributed by atoms with Crippen molar-refractivity contribution in [1.82, 2.24) is 20.9 Å². The average molecular weight is 523 g/mol. The predicted octanol–water partition coefficient (Wildman–Crippen LogP) is 0.238. The van der Waals surface area contributed by atoms with Crippen molar-refractivity contribution in [2.45, 2.75) is 75.7 Å². The quantitative estimate of drug-likeness (QED) is 0.358. The maximum absolute atomic E-state index is 12.8. The lowest BCUT2D eigenvalue weighted by Crippen LogP contribution is -2.54. The number of carbonyl (C=O) groups is 2. The molecule has 0 aromatic heterocycles. The van der Waals surface area contributed by atoms with Gasteiger partial charge in [-0.15, -0.1) is 0 Å². The van der Waals surface area contributed by atoms with Gasteiger partial charge in [0, 0.05) is 44.1 Å². The molecule has 5 rings (SSSR count). The molecule has 5 aliphatic rings. The fourth-order valence-corrected chi connectivity index (χ4v) is 6.94. The molecule has 10 nitrogen and oxygen atoms in total. The van der Waals surface area contributed by atoms with E-state index in [9.17, 15) is 14.7 Å². The minimum Gasteiger partial charge on any atom is -0.390 e. The van der Waals surface area contributed by atoms with E-state index in [1.165, 1.54) is 0 Å². The number of nitrogens with zero attached hydrogens (tertiary/aromatic N) is 1. The third-order valence-electron chi connectivity index (χ3n) is 9.32. The molecule has 0 aromatic rings. The van der Waals surface area contributed by atoms with Crippen LogP contribution in [-0.4, -0.2) is 105 Å². The normalized spacial score (nSPS) is 37.5. The van der Waals surface area contributed by atoms with Gasteiger partial charge in [0.25, 0.3) is 0 Å². The number of piperidine rings is 1. The van der Waals surface area contributed by atoms with E-state index in [2.05, 4.69) is 16.0 Å². The zero-order chi connectivity index (χ0) is 25.6. The number of morpholine rings is 1. The van der Waals surface area contributed by atoms with E-state index in [0.29, 0.717) is 57.6 Å². The molecule has 2 amide bonds. The Labute approximate surface area is 220 Å². The molecule has 2 aliphatic carbocycles. The van der Waals surface area contributed by atoms with Gasteiger partial charge in [-0.25, -0.2) is 0 Å². The van der Waals surface area contributed by atoms with Crippen LogP contribution in [0.1, 0.15) is 51.4 Å². The topological polar surface area (TPSA) is 121 Å². The van der Waals surface area contributed by atoms with Crippen molar-refractivity contribution >= 4 is 11.8 Å².